The van der Waals surface area contributed by atoms with E-state index < -0.39 is 0 Å². The topological polar surface area (TPSA) is 38.4 Å². The van der Waals surface area contributed by atoms with Crippen LogP contribution in [0.25, 0.3) is 0 Å². The number of nitrogens with zero attached hydrogens (tertiary/aromatic N) is 1. The van der Waals surface area contributed by atoms with E-state index in [9.17, 15) is 0 Å². The molecule has 1 aromatic carbocycles. The molecule has 1 atom stereocenters. The third-order valence-electron chi connectivity index (χ3n) is 2.19. The van der Waals surface area contributed by atoms with Crippen molar-refractivity contribution in [2.75, 3.05) is 0 Å². The minimum absolute atomic E-state index is 0.0881. The summed E-state index contributed by atoms with van der Waals surface area (Å²) in [6.07, 6.45) is 6.11. The van der Waals surface area contributed by atoms with Gasteiger partial charge in [-0.25, -0.2) is 0 Å². The fourth-order valence-corrected chi connectivity index (χ4v) is 1.54. The number of amidine groups is 1. The Morgan fingerprint density at radius 2 is 2.23 bits per heavy atom. The maximum atomic E-state index is 5.77. The number of benzene rings is 1. The number of nitrogens with two attached hydrogens (primary N) is 1. The van der Waals surface area contributed by atoms with Crippen molar-refractivity contribution in [3.63, 3.8) is 0 Å². The Kier molecular flexibility index (Phi) is 1.79. The first-order valence-corrected chi connectivity index (χ1v) is 4.19. The maximum absolute atomic E-state index is 5.77. The largest absolute Gasteiger partial charge is 0.383 e. The fraction of sp³-hybridized carbons (Fsp3) is 0.182. The van der Waals surface area contributed by atoms with Crippen molar-refractivity contribution < 1.29 is 0 Å². The van der Waals surface area contributed by atoms with Crippen LogP contribution < -0.4 is 5.73 Å². The highest BCUT2D eigenvalue weighted by Gasteiger charge is 2.16. The van der Waals surface area contributed by atoms with Crippen LogP contribution in [0.2, 0.25) is 0 Å². The molecule has 64 valence electrons. The predicted molar refractivity (Wildman–Crippen MR) is 53.5 cm³/mol. The van der Waals surface area contributed by atoms with Crippen molar-refractivity contribution in [3.8, 4) is 12.3 Å². The highest BCUT2D eigenvalue weighted by Crippen LogP contribution is 2.17. The number of fused-ring (bicyclic) bond motifs is 1. The van der Waals surface area contributed by atoms with E-state index in [0.717, 1.165) is 12.0 Å². The summed E-state index contributed by atoms with van der Waals surface area (Å²) in [7, 11) is 0. The molecule has 0 amide bonds. The lowest BCUT2D eigenvalue weighted by molar-refractivity contribution is 0.817. The van der Waals surface area contributed by atoms with E-state index in [0.29, 0.717) is 5.84 Å². The molecule has 1 aliphatic heterocycles. The third kappa shape index (κ3) is 1.29. The summed E-state index contributed by atoms with van der Waals surface area (Å²) in [5, 5.41) is 0. The van der Waals surface area contributed by atoms with E-state index >= 15 is 0 Å². The van der Waals surface area contributed by atoms with Crippen molar-refractivity contribution in [1.82, 2.24) is 0 Å². The van der Waals surface area contributed by atoms with Crippen molar-refractivity contribution in [2.24, 2.45) is 10.7 Å². The van der Waals surface area contributed by atoms with Crippen LogP contribution in [0.15, 0.2) is 29.3 Å². The van der Waals surface area contributed by atoms with Crippen LogP contribution in [0, 0.1) is 12.3 Å². The Labute approximate surface area is 77.5 Å². The second kappa shape index (κ2) is 2.95. The van der Waals surface area contributed by atoms with Gasteiger partial charge in [0, 0.05) is 12.0 Å². The first kappa shape index (κ1) is 7.88. The lowest BCUT2D eigenvalue weighted by atomic mass is 9.97. The molecule has 0 bridgehead atoms. The molecule has 0 fully saturated rings. The quantitative estimate of drug-likeness (QED) is 0.578. The van der Waals surface area contributed by atoms with Crippen molar-refractivity contribution in [1.29, 1.82) is 0 Å². The molecule has 0 aliphatic carbocycles. The molecule has 1 heterocycles. The van der Waals surface area contributed by atoms with Gasteiger partial charge in [-0.2, -0.15) is 0 Å². The maximum Gasteiger partial charge on any atom is 0.127 e. The van der Waals surface area contributed by atoms with Crippen LogP contribution >= 0.6 is 0 Å². The Morgan fingerprint density at radius 3 is 3.00 bits per heavy atom. The van der Waals surface area contributed by atoms with Crippen LogP contribution in [0.1, 0.15) is 11.1 Å². The van der Waals surface area contributed by atoms with Gasteiger partial charge in [-0.15, -0.1) is 6.42 Å². The first-order chi connectivity index (χ1) is 6.31. The molecule has 0 aromatic heterocycles. The first-order valence-electron chi connectivity index (χ1n) is 4.19. The summed E-state index contributed by atoms with van der Waals surface area (Å²) in [6.45, 7) is 0. The monoisotopic (exact) mass is 170 g/mol. The standard InChI is InChI=1S/C11H10N2/c1-2-9-7-8-5-3-4-6-10(8)11(12)13-9/h1,3-6,9H,7H2,(H2,12,13). The van der Waals surface area contributed by atoms with E-state index in [-0.39, 0.29) is 6.04 Å². The lowest BCUT2D eigenvalue weighted by Gasteiger charge is -2.17. The summed E-state index contributed by atoms with van der Waals surface area (Å²) in [5.74, 6) is 3.17. The van der Waals surface area contributed by atoms with E-state index in [2.05, 4.69) is 10.9 Å². The number of rotatable bonds is 0. The molecule has 1 aliphatic rings. The molecule has 2 N–H and O–H groups in total. The minimum Gasteiger partial charge on any atom is -0.383 e. The Morgan fingerprint density at radius 1 is 1.46 bits per heavy atom. The average molecular weight is 170 g/mol. The van der Waals surface area contributed by atoms with Gasteiger partial charge < -0.3 is 5.73 Å². The summed E-state index contributed by atoms with van der Waals surface area (Å²) in [5.41, 5.74) is 7.98. The Hall–Kier alpha value is -1.75. The molecule has 0 saturated heterocycles. The number of hydrogen-bond donors (Lipinski definition) is 1. The van der Waals surface area contributed by atoms with Gasteiger partial charge in [0.15, 0.2) is 0 Å². The van der Waals surface area contributed by atoms with Crippen LogP contribution in [-0.4, -0.2) is 11.9 Å². The number of aliphatic imine (C=N–C) groups is 1. The van der Waals surface area contributed by atoms with Gasteiger partial charge in [0.05, 0.1) is 0 Å². The van der Waals surface area contributed by atoms with Gasteiger partial charge in [0.2, 0.25) is 0 Å². The third-order valence-corrected chi connectivity index (χ3v) is 2.19. The van der Waals surface area contributed by atoms with Gasteiger partial charge in [0.25, 0.3) is 0 Å². The highest BCUT2D eigenvalue weighted by molar-refractivity contribution is 5.99. The molecular weight excluding hydrogens is 160 g/mol. The zero-order valence-electron chi connectivity index (χ0n) is 7.20. The molecule has 0 spiro atoms. The molecule has 13 heavy (non-hydrogen) atoms. The summed E-state index contributed by atoms with van der Waals surface area (Å²) in [4.78, 5) is 4.20. The number of terminal acetylenes is 1. The molecule has 1 aromatic rings. The zero-order valence-corrected chi connectivity index (χ0v) is 7.20. The van der Waals surface area contributed by atoms with Gasteiger partial charge >= 0.3 is 0 Å². The minimum atomic E-state index is -0.0881. The second-order valence-corrected chi connectivity index (χ2v) is 3.06. The molecule has 2 rings (SSSR count). The molecule has 0 radical (unpaired) electrons. The van der Waals surface area contributed by atoms with Gasteiger partial charge in [0.1, 0.15) is 11.9 Å². The van der Waals surface area contributed by atoms with Crippen molar-refractivity contribution in [2.45, 2.75) is 12.5 Å². The van der Waals surface area contributed by atoms with Gasteiger partial charge in [-0.3, -0.25) is 4.99 Å². The lowest BCUT2D eigenvalue weighted by Crippen LogP contribution is -2.25. The zero-order chi connectivity index (χ0) is 9.26. The molecule has 2 heteroatoms. The number of hydrogen-bond acceptors (Lipinski definition) is 2. The van der Waals surface area contributed by atoms with Crippen LogP contribution in [-0.2, 0) is 6.42 Å². The Bertz CT molecular complexity index is 399. The van der Waals surface area contributed by atoms with Crippen molar-refractivity contribution in [3.05, 3.63) is 35.4 Å². The molecule has 1 unspecified atom stereocenters. The second-order valence-electron chi connectivity index (χ2n) is 3.06. The average Bonchev–Trinajstić information content (AvgIpc) is 2.18. The molecular formula is C11H10N2. The van der Waals surface area contributed by atoms with Crippen LogP contribution in [0.3, 0.4) is 0 Å². The fourth-order valence-electron chi connectivity index (χ4n) is 1.54. The van der Waals surface area contributed by atoms with E-state index in [1.54, 1.807) is 0 Å². The summed E-state index contributed by atoms with van der Waals surface area (Å²) < 4.78 is 0. The summed E-state index contributed by atoms with van der Waals surface area (Å²) in [6, 6.07) is 7.87. The predicted octanol–water partition coefficient (Wildman–Crippen LogP) is 0.950. The van der Waals surface area contributed by atoms with Crippen LogP contribution in [0.5, 0.6) is 0 Å². The van der Waals surface area contributed by atoms with E-state index in [4.69, 9.17) is 12.2 Å². The molecule has 0 saturated carbocycles. The normalized spacial score (nSPS) is 19.9. The van der Waals surface area contributed by atoms with E-state index in [1.807, 2.05) is 24.3 Å². The summed E-state index contributed by atoms with van der Waals surface area (Å²) >= 11 is 0. The van der Waals surface area contributed by atoms with Crippen molar-refractivity contribution >= 4 is 5.84 Å². The van der Waals surface area contributed by atoms with Crippen LogP contribution in [0.4, 0.5) is 0 Å². The smallest absolute Gasteiger partial charge is 0.127 e. The van der Waals surface area contributed by atoms with Gasteiger partial charge in [-0.1, -0.05) is 30.2 Å². The van der Waals surface area contributed by atoms with Gasteiger partial charge in [-0.05, 0) is 5.56 Å². The highest BCUT2D eigenvalue weighted by atomic mass is 14.9. The Balaban J connectivity index is 2.50. The SMILES string of the molecule is C#CC1Cc2ccccc2C(N)=N1. The molecule has 2 nitrogen and oxygen atoms in total. The van der Waals surface area contributed by atoms with E-state index in [1.165, 1.54) is 5.56 Å².